The first-order valence-corrected chi connectivity index (χ1v) is 8.35. The van der Waals surface area contributed by atoms with Gasteiger partial charge in [0, 0.05) is 29.4 Å². The van der Waals surface area contributed by atoms with Gasteiger partial charge in [-0.2, -0.15) is 0 Å². The van der Waals surface area contributed by atoms with Gasteiger partial charge in [-0.1, -0.05) is 20.8 Å². The Morgan fingerprint density at radius 2 is 1.71 bits per heavy atom. The average Bonchev–Trinajstić information content (AvgIpc) is 3.08. The Bertz CT molecular complexity index is 1280. The molecule has 10 nitrogen and oxygen atoms in total. The molecule has 3 rings (SSSR count). The second-order valence-electron chi connectivity index (χ2n) is 7.13. The monoisotopic (exact) mass is 382 g/mol. The maximum absolute atomic E-state index is 12.4. The van der Waals surface area contributed by atoms with Crippen LogP contribution < -0.4 is 21.8 Å². The van der Waals surface area contributed by atoms with Crippen LogP contribution in [0.1, 0.15) is 37.9 Å². The molecule has 0 aliphatic rings. The summed E-state index contributed by atoms with van der Waals surface area (Å²) in [7, 11) is 0. The van der Waals surface area contributed by atoms with Gasteiger partial charge in [-0.05, 0) is 12.2 Å². The SMILES string of the molecule is CC(C)(C)c1[nH]cnc1/C=c1\[nH]c(=O)/c(=C/c2cc([N+](=O)[O-])ccn2)[nH]c1=O. The van der Waals surface area contributed by atoms with Crippen molar-refractivity contribution < 1.29 is 4.92 Å². The molecule has 144 valence electrons. The van der Waals surface area contributed by atoms with E-state index in [-0.39, 0.29) is 27.5 Å². The van der Waals surface area contributed by atoms with Gasteiger partial charge in [0.25, 0.3) is 16.8 Å². The van der Waals surface area contributed by atoms with E-state index < -0.39 is 16.0 Å². The molecule has 0 radical (unpaired) electrons. The van der Waals surface area contributed by atoms with Gasteiger partial charge in [0.1, 0.15) is 10.7 Å². The smallest absolute Gasteiger partial charge is 0.273 e. The summed E-state index contributed by atoms with van der Waals surface area (Å²) >= 11 is 0. The fourth-order valence-electron chi connectivity index (χ4n) is 2.62. The number of pyridine rings is 1. The van der Waals surface area contributed by atoms with Crippen LogP contribution >= 0.6 is 0 Å². The Morgan fingerprint density at radius 3 is 2.32 bits per heavy atom. The third-order valence-electron chi connectivity index (χ3n) is 3.95. The summed E-state index contributed by atoms with van der Waals surface area (Å²) < 4.78 is 0. The van der Waals surface area contributed by atoms with Crippen molar-refractivity contribution in [2.24, 2.45) is 0 Å². The number of nitrogens with zero attached hydrogens (tertiary/aromatic N) is 3. The van der Waals surface area contributed by atoms with Crippen LogP contribution in [0.3, 0.4) is 0 Å². The minimum atomic E-state index is -0.569. The normalized spacial score (nSPS) is 13.1. The Balaban J connectivity index is 2.12. The van der Waals surface area contributed by atoms with Crippen molar-refractivity contribution in [3.63, 3.8) is 0 Å². The van der Waals surface area contributed by atoms with Crippen LogP contribution in [0.25, 0.3) is 12.2 Å². The average molecular weight is 382 g/mol. The first-order chi connectivity index (χ1) is 13.1. The lowest BCUT2D eigenvalue weighted by Gasteiger charge is -2.16. The van der Waals surface area contributed by atoms with Gasteiger partial charge < -0.3 is 15.0 Å². The number of nitrogens with one attached hydrogen (secondary N) is 3. The molecule has 0 aliphatic heterocycles. The molecule has 3 N–H and O–H groups in total. The molecule has 10 heteroatoms. The summed E-state index contributed by atoms with van der Waals surface area (Å²) in [5.41, 5.74) is 0.0604. The lowest BCUT2D eigenvalue weighted by Crippen LogP contribution is -2.46. The first-order valence-electron chi connectivity index (χ1n) is 8.35. The molecule has 0 unspecified atom stereocenters. The van der Waals surface area contributed by atoms with Crippen LogP contribution in [0.2, 0.25) is 0 Å². The summed E-state index contributed by atoms with van der Waals surface area (Å²) in [6, 6.07) is 2.44. The molecule has 0 saturated carbocycles. The summed E-state index contributed by atoms with van der Waals surface area (Å²) in [6.07, 6.45) is 5.54. The van der Waals surface area contributed by atoms with Gasteiger partial charge >= 0.3 is 0 Å². The Hall–Kier alpha value is -3.82. The molecule has 0 atom stereocenters. The molecule has 0 bridgehead atoms. The molecule has 0 spiro atoms. The zero-order valence-electron chi connectivity index (χ0n) is 15.4. The fourth-order valence-corrected chi connectivity index (χ4v) is 2.62. The molecule has 3 heterocycles. The van der Waals surface area contributed by atoms with Crippen LogP contribution in [0.15, 0.2) is 34.2 Å². The molecule has 0 fully saturated rings. The maximum atomic E-state index is 12.4. The van der Waals surface area contributed by atoms with Crippen LogP contribution in [0, 0.1) is 10.1 Å². The van der Waals surface area contributed by atoms with Gasteiger partial charge in [0.05, 0.1) is 22.6 Å². The zero-order valence-corrected chi connectivity index (χ0v) is 15.4. The molecule has 28 heavy (non-hydrogen) atoms. The van der Waals surface area contributed by atoms with Crippen molar-refractivity contribution in [1.29, 1.82) is 0 Å². The lowest BCUT2D eigenvalue weighted by atomic mass is 9.90. The van der Waals surface area contributed by atoms with Crippen molar-refractivity contribution in [2.45, 2.75) is 26.2 Å². The number of rotatable bonds is 3. The van der Waals surface area contributed by atoms with E-state index in [1.54, 1.807) is 0 Å². The molecular formula is C18H18N6O4. The zero-order chi connectivity index (χ0) is 20.5. The summed E-state index contributed by atoms with van der Waals surface area (Å²) in [4.78, 5) is 51.2. The van der Waals surface area contributed by atoms with Crippen molar-refractivity contribution in [3.05, 3.63) is 83.3 Å². The van der Waals surface area contributed by atoms with E-state index in [2.05, 4.69) is 24.9 Å². The first kappa shape index (κ1) is 19.0. The van der Waals surface area contributed by atoms with Crippen LogP contribution in [-0.2, 0) is 5.41 Å². The molecule has 3 aromatic rings. The van der Waals surface area contributed by atoms with Crippen LogP contribution in [-0.4, -0.2) is 29.8 Å². The highest BCUT2D eigenvalue weighted by atomic mass is 16.6. The third kappa shape index (κ3) is 3.95. The molecule has 0 aromatic carbocycles. The second kappa shape index (κ2) is 7.06. The van der Waals surface area contributed by atoms with E-state index >= 15 is 0 Å². The molecule has 0 amide bonds. The molecule has 0 aliphatic carbocycles. The highest BCUT2D eigenvalue weighted by molar-refractivity contribution is 5.49. The van der Waals surface area contributed by atoms with E-state index in [4.69, 9.17) is 0 Å². The van der Waals surface area contributed by atoms with E-state index in [0.717, 1.165) is 5.69 Å². The number of aromatic amines is 3. The highest BCUT2D eigenvalue weighted by Crippen LogP contribution is 2.22. The minimum Gasteiger partial charge on any atom is -0.348 e. The highest BCUT2D eigenvalue weighted by Gasteiger charge is 2.19. The summed E-state index contributed by atoms with van der Waals surface area (Å²) in [5.74, 6) is 0. The van der Waals surface area contributed by atoms with Crippen molar-refractivity contribution >= 4 is 17.8 Å². The Kier molecular flexibility index (Phi) is 4.78. The second-order valence-corrected chi connectivity index (χ2v) is 7.13. The molecular weight excluding hydrogens is 364 g/mol. The predicted octanol–water partition coefficient (Wildman–Crippen LogP) is 0.0446. The minimum absolute atomic E-state index is 0.0479. The largest absolute Gasteiger partial charge is 0.348 e. The van der Waals surface area contributed by atoms with Gasteiger partial charge in [0.15, 0.2) is 0 Å². The Labute approximate surface area is 157 Å². The quantitative estimate of drug-likeness (QED) is 0.430. The standard InChI is InChI=1S/C18H18N6O4/c1-18(2,3)15-12(20-9-21-15)8-14-17(26)22-13(16(25)23-14)7-10-6-11(24(27)28)4-5-19-10/h4-9H,1-3H3,(H,20,21)(H,22,26)(H,23,25)/b13-7-,14-8-. The van der Waals surface area contributed by atoms with Gasteiger partial charge in [-0.15, -0.1) is 0 Å². The Morgan fingerprint density at radius 1 is 1.07 bits per heavy atom. The van der Waals surface area contributed by atoms with Crippen molar-refractivity contribution in [3.8, 4) is 0 Å². The number of hydrogen-bond donors (Lipinski definition) is 3. The van der Waals surface area contributed by atoms with Gasteiger partial charge in [-0.25, -0.2) is 4.98 Å². The number of aromatic nitrogens is 5. The number of H-pyrrole nitrogens is 3. The molecule has 0 saturated heterocycles. The predicted molar refractivity (Wildman–Crippen MR) is 102 cm³/mol. The van der Waals surface area contributed by atoms with E-state index in [0.29, 0.717) is 5.69 Å². The van der Waals surface area contributed by atoms with Crippen molar-refractivity contribution in [1.82, 2.24) is 24.9 Å². The van der Waals surface area contributed by atoms with E-state index in [1.807, 2.05) is 20.8 Å². The number of imidazole rings is 1. The topological polar surface area (TPSA) is 150 Å². The lowest BCUT2D eigenvalue weighted by molar-refractivity contribution is -0.384. The maximum Gasteiger partial charge on any atom is 0.273 e. The summed E-state index contributed by atoms with van der Waals surface area (Å²) in [5, 5.41) is 10.8. The van der Waals surface area contributed by atoms with Crippen molar-refractivity contribution in [2.75, 3.05) is 0 Å². The number of nitro groups is 1. The van der Waals surface area contributed by atoms with Gasteiger partial charge in [0.2, 0.25) is 0 Å². The van der Waals surface area contributed by atoms with Crippen LogP contribution in [0.4, 0.5) is 5.69 Å². The summed E-state index contributed by atoms with van der Waals surface area (Å²) in [6.45, 7) is 5.98. The molecule has 3 aromatic heterocycles. The number of hydrogen-bond acceptors (Lipinski definition) is 6. The van der Waals surface area contributed by atoms with E-state index in [9.17, 15) is 19.7 Å². The third-order valence-corrected chi connectivity index (χ3v) is 3.95. The van der Waals surface area contributed by atoms with E-state index in [1.165, 1.54) is 36.8 Å². The van der Waals surface area contributed by atoms with Gasteiger partial charge in [-0.3, -0.25) is 24.7 Å². The fraction of sp³-hybridized carbons (Fsp3) is 0.222. The van der Waals surface area contributed by atoms with Crippen LogP contribution in [0.5, 0.6) is 0 Å².